The second-order valence-corrected chi connectivity index (χ2v) is 8.91. The van der Waals surface area contributed by atoms with Gasteiger partial charge in [-0.15, -0.1) is 11.3 Å². The minimum atomic E-state index is -0.482. The number of rotatable bonds is 4. The van der Waals surface area contributed by atoms with Crippen LogP contribution >= 0.6 is 27.3 Å². The van der Waals surface area contributed by atoms with Gasteiger partial charge in [0.05, 0.1) is 18.2 Å². The van der Waals surface area contributed by atoms with Crippen LogP contribution in [-0.2, 0) is 16.0 Å². The van der Waals surface area contributed by atoms with Crippen LogP contribution in [0.2, 0.25) is 0 Å². The molecule has 2 fully saturated rings. The molecule has 0 spiro atoms. The fraction of sp³-hybridized carbons (Fsp3) is 0.688. The van der Waals surface area contributed by atoms with Gasteiger partial charge in [0.15, 0.2) is 0 Å². The summed E-state index contributed by atoms with van der Waals surface area (Å²) in [7, 11) is 0. The van der Waals surface area contributed by atoms with Gasteiger partial charge < -0.3 is 20.1 Å². The smallest absolute Gasteiger partial charge is 0.407 e. The van der Waals surface area contributed by atoms with Crippen molar-refractivity contribution in [1.29, 1.82) is 0 Å². The van der Waals surface area contributed by atoms with Gasteiger partial charge in [-0.1, -0.05) is 0 Å². The predicted molar refractivity (Wildman–Crippen MR) is 93.7 cm³/mol. The third-order valence-corrected chi connectivity index (χ3v) is 6.18. The number of halogens is 1. The van der Waals surface area contributed by atoms with Crippen LogP contribution in [-0.4, -0.2) is 36.5 Å². The fourth-order valence-electron chi connectivity index (χ4n) is 3.25. The summed E-state index contributed by atoms with van der Waals surface area (Å²) in [6.45, 7) is 7.15. The van der Waals surface area contributed by atoms with Gasteiger partial charge in [-0.05, 0) is 54.6 Å². The van der Waals surface area contributed by atoms with Crippen LogP contribution in [0, 0.1) is 5.92 Å². The number of fused-ring (bicyclic) bond motifs is 1. The summed E-state index contributed by atoms with van der Waals surface area (Å²) in [4.78, 5) is 13.3. The van der Waals surface area contributed by atoms with Crippen molar-refractivity contribution in [3.63, 3.8) is 0 Å². The van der Waals surface area contributed by atoms with Crippen molar-refractivity contribution >= 4 is 33.4 Å². The highest BCUT2D eigenvalue weighted by Gasteiger charge is 2.54. The van der Waals surface area contributed by atoms with Crippen LogP contribution in [0.1, 0.15) is 32.1 Å². The van der Waals surface area contributed by atoms with Gasteiger partial charge >= 0.3 is 6.09 Å². The van der Waals surface area contributed by atoms with Crippen molar-refractivity contribution in [3.05, 3.63) is 20.8 Å². The number of hydrogen-bond acceptors (Lipinski definition) is 5. The lowest BCUT2D eigenvalue weighted by Gasteiger charge is -2.48. The Bertz CT molecular complexity index is 572. The first-order valence-corrected chi connectivity index (χ1v) is 9.59. The largest absolute Gasteiger partial charge is 0.444 e. The number of carbonyl (C=O) groups is 1. The zero-order chi connectivity index (χ0) is 16.6. The number of carbonyl (C=O) groups excluding carboxylic acids is 1. The van der Waals surface area contributed by atoms with Gasteiger partial charge in [0.1, 0.15) is 5.60 Å². The number of hydrogen-bond donors (Lipinski definition) is 2. The predicted octanol–water partition coefficient (Wildman–Crippen LogP) is 3.28. The molecule has 3 rings (SSSR count). The molecule has 2 aliphatic rings. The van der Waals surface area contributed by atoms with E-state index in [1.165, 1.54) is 4.88 Å². The van der Waals surface area contributed by atoms with Crippen LogP contribution in [0.5, 0.6) is 0 Å². The van der Waals surface area contributed by atoms with E-state index >= 15 is 0 Å². The van der Waals surface area contributed by atoms with E-state index in [2.05, 4.69) is 31.9 Å². The molecule has 4 atom stereocenters. The maximum absolute atomic E-state index is 12.1. The Labute approximate surface area is 149 Å². The van der Waals surface area contributed by atoms with Gasteiger partial charge in [0.25, 0.3) is 0 Å². The van der Waals surface area contributed by atoms with E-state index in [9.17, 15) is 4.79 Å². The Kier molecular flexibility index (Phi) is 5.01. The van der Waals surface area contributed by atoms with Crippen LogP contribution in [0.4, 0.5) is 4.79 Å². The van der Waals surface area contributed by atoms with Crippen molar-refractivity contribution in [3.8, 4) is 0 Å². The first kappa shape index (κ1) is 17.2. The molecule has 128 valence electrons. The molecule has 0 bridgehead atoms. The van der Waals surface area contributed by atoms with E-state index in [4.69, 9.17) is 9.47 Å². The molecule has 1 saturated carbocycles. The van der Waals surface area contributed by atoms with Gasteiger partial charge in [0, 0.05) is 28.4 Å². The molecule has 0 aromatic carbocycles. The maximum atomic E-state index is 12.1. The van der Waals surface area contributed by atoms with Crippen molar-refractivity contribution in [2.24, 2.45) is 5.92 Å². The maximum Gasteiger partial charge on any atom is 0.407 e. The number of thiophene rings is 1. The first-order chi connectivity index (χ1) is 10.8. The zero-order valence-corrected chi connectivity index (χ0v) is 16.0. The van der Waals surface area contributed by atoms with Gasteiger partial charge in [-0.2, -0.15) is 0 Å². The van der Waals surface area contributed by atoms with E-state index < -0.39 is 5.60 Å². The molecule has 1 saturated heterocycles. The number of amides is 1. The molecule has 7 heteroatoms. The molecule has 1 aliphatic carbocycles. The van der Waals surface area contributed by atoms with E-state index in [-0.39, 0.29) is 24.3 Å². The average Bonchev–Trinajstić information content (AvgIpc) is 3.02. The summed E-state index contributed by atoms with van der Waals surface area (Å²) in [6, 6.07) is 2.24. The molecular formula is C16H23BrN2O3S. The second kappa shape index (κ2) is 6.70. The molecule has 23 heavy (non-hydrogen) atoms. The number of ether oxygens (including phenoxy) is 2. The lowest BCUT2D eigenvalue weighted by Crippen LogP contribution is -2.70. The van der Waals surface area contributed by atoms with E-state index in [0.717, 1.165) is 24.0 Å². The minimum absolute atomic E-state index is 0.0658. The molecule has 1 amide bonds. The second-order valence-electron chi connectivity index (χ2n) is 7.06. The average molecular weight is 403 g/mol. The van der Waals surface area contributed by atoms with Gasteiger partial charge in [-0.25, -0.2) is 4.79 Å². The quantitative estimate of drug-likeness (QED) is 0.810. The molecule has 0 radical (unpaired) electrons. The molecule has 1 aliphatic heterocycles. The summed E-state index contributed by atoms with van der Waals surface area (Å²) in [5.41, 5.74) is -0.482. The van der Waals surface area contributed by atoms with Gasteiger partial charge in [0.2, 0.25) is 0 Å². The fourth-order valence-corrected chi connectivity index (χ4v) is 4.70. The lowest BCUT2D eigenvalue weighted by atomic mass is 9.71. The Balaban J connectivity index is 1.59. The summed E-state index contributed by atoms with van der Waals surface area (Å²) in [6.07, 6.45) is 0.831. The number of alkyl carbamates (subject to hydrolysis) is 1. The Hall–Kier alpha value is -0.630. The highest BCUT2D eigenvalue weighted by Crippen LogP contribution is 2.39. The van der Waals surface area contributed by atoms with Crippen molar-refractivity contribution in [2.75, 3.05) is 6.61 Å². The molecule has 4 unspecified atom stereocenters. The van der Waals surface area contributed by atoms with E-state index in [1.54, 1.807) is 11.3 Å². The molecular weight excluding hydrogens is 380 g/mol. The van der Waals surface area contributed by atoms with E-state index in [1.807, 2.05) is 26.8 Å². The monoisotopic (exact) mass is 402 g/mol. The summed E-state index contributed by atoms with van der Waals surface area (Å²) < 4.78 is 12.3. The molecule has 2 N–H and O–H groups in total. The topological polar surface area (TPSA) is 59.6 Å². The first-order valence-electron chi connectivity index (χ1n) is 7.91. The van der Waals surface area contributed by atoms with Crippen LogP contribution in [0.3, 0.4) is 0 Å². The standard InChI is InChI=1S/C16H23BrN2O3S/c1-16(2,3)22-15(20)19-12-9-4-6-21-14(9)13(12)18-8-11-10(17)5-7-23-11/h5,7,9,12-14,18H,4,6,8H2,1-3H3,(H,19,20). The Morgan fingerprint density at radius 3 is 2.91 bits per heavy atom. The summed E-state index contributed by atoms with van der Waals surface area (Å²) >= 11 is 5.26. The summed E-state index contributed by atoms with van der Waals surface area (Å²) in [5.74, 6) is 0.381. The summed E-state index contributed by atoms with van der Waals surface area (Å²) in [5, 5.41) is 8.63. The normalized spacial score (nSPS) is 29.7. The van der Waals surface area contributed by atoms with Crippen LogP contribution in [0.25, 0.3) is 0 Å². The SMILES string of the molecule is CC(C)(C)OC(=O)NC1C2CCOC2C1NCc1sccc1Br. The van der Waals surface area contributed by atoms with Crippen molar-refractivity contribution < 1.29 is 14.3 Å². The van der Waals surface area contributed by atoms with Gasteiger partial charge in [-0.3, -0.25) is 0 Å². The number of nitrogens with one attached hydrogen (secondary N) is 2. The highest BCUT2D eigenvalue weighted by atomic mass is 79.9. The third-order valence-electron chi connectivity index (χ3n) is 4.26. The minimum Gasteiger partial charge on any atom is -0.444 e. The van der Waals surface area contributed by atoms with Crippen LogP contribution < -0.4 is 10.6 Å². The van der Waals surface area contributed by atoms with Crippen molar-refractivity contribution in [2.45, 2.75) is 57.5 Å². The molecule has 2 heterocycles. The third kappa shape index (κ3) is 3.90. The molecule has 5 nitrogen and oxygen atoms in total. The highest BCUT2D eigenvalue weighted by molar-refractivity contribution is 9.10. The molecule has 1 aromatic rings. The Morgan fingerprint density at radius 2 is 2.26 bits per heavy atom. The Morgan fingerprint density at radius 1 is 1.48 bits per heavy atom. The molecule has 1 aromatic heterocycles. The van der Waals surface area contributed by atoms with E-state index in [0.29, 0.717) is 5.92 Å². The zero-order valence-electron chi connectivity index (χ0n) is 13.6. The van der Waals surface area contributed by atoms with Crippen LogP contribution in [0.15, 0.2) is 15.9 Å². The van der Waals surface area contributed by atoms with Crippen molar-refractivity contribution in [1.82, 2.24) is 10.6 Å². The lowest BCUT2D eigenvalue weighted by molar-refractivity contribution is -0.0343.